The van der Waals surface area contributed by atoms with Crippen molar-refractivity contribution in [1.29, 1.82) is 0 Å². The zero-order valence-corrected chi connectivity index (χ0v) is 15.0. The number of carbonyl (C=O) groups is 1. The van der Waals surface area contributed by atoms with Crippen molar-refractivity contribution in [3.8, 4) is 17.2 Å². The Balaban J connectivity index is 0.00000484. The molecule has 0 aliphatic rings. The molecule has 0 saturated heterocycles. The molecule has 0 fully saturated rings. The first-order valence-electron chi connectivity index (χ1n) is 7.36. The summed E-state index contributed by atoms with van der Waals surface area (Å²) in [4.78, 5) is 11.8. The van der Waals surface area contributed by atoms with E-state index >= 15 is 0 Å². The highest BCUT2D eigenvalue weighted by atomic mass is 35.5. The fraction of sp³-hybridized carbons (Fsp3) is 0.562. The van der Waals surface area contributed by atoms with Crippen molar-refractivity contribution in [2.24, 2.45) is 0 Å². The zero-order valence-electron chi connectivity index (χ0n) is 14.2. The van der Waals surface area contributed by atoms with Crippen molar-refractivity contribution in [1.82, 2.24) is 10.6 Å². The van der Waals surface area contributed by atoms with Crippen LogP contribution in [0.15, 0.2) is 12.1 Å². The minimum atomic E-state index is 0. The molecule has 1 rings (SSSR count). The van der Waals surface area contributed by atoms with E-state index in [1.807, 2.05) is 19.2 Å². The first-order valence-corrected chi connectivity index (χ1v) is 7.36. The van der Waals surface area contributed by atoms with E-state index in [1.54, 1.807) is 21.3 Å². The van der Waals surface area contributed by atoms with Gasteiger partial charge in [0.1, 0.15) is 0 Å². The topological polar surface area (TPSA) is 68.8 Å². The monoisotopic (exact) mass is 346 g/mol. The molecule has 0 aliphatic heterocycles. The molecule has 6 nitrogen and oxygen atoms in total. The molecule has 0 radical (unpaired) electrons. The van der Waals surface area contributed by atoms with Crippen LogP contribution < -0.4 is 24.8 Å². The molecule has 0 saturated carbocycles. The second-order valence-corrected chi connectivity index (χ2v) is 4.84. The lowest BCUT2D eigenvalue weighted by Gasteiger charge is -2.14. The molecule has 0 bridgehead atoms. The number of methoxy groups -OCH3 is 3. The number of aryl methyl sites for hydroxylation is 1. The Morgan fingerprint density at radius 2 is 1.65 bits per heavy atom. The smallest absolute Gasteiger partial charge is 0.220 e. The lowest BCUT2D eigenvalue weighted by atomic mass is 10.1. The van der Waals surface area contributed by atoms with Crippen molar-refractivity contribution in [2.75, 3.05) is 41.5 Å². The van der Waals surface area contributed by atoms with Crippen LogP contribution in [-0.2, 0) is 11.2 Å². The van der Waals surface area contributed by atoms with Crippen molar-refractivity contribution >= 4 is 18.3 Å². The molecule has 0 unspecified atom stereocenters. The van der Waals surface area contributed by atoms with Gasteiger partial charge in [-0.2, -0.15) is 0 Å². The van der Waals surface area contributed by atoms with Crippen molar-refractivity contribution in [2.45, 2.75) is 19.3 Å². The fourth-order valence-electron chi connectivity index (χ4n) is 2.12. The maximum atomic E-state index is 11.8. The number of halogens is 1. The summed E-state index contributed by atoms with van der Waals surface area (Å²) in [5, 5.41) is 5.95. The average Bonchev–Trinajstić information content (AvgIpc) is 2.55. The first kappa shape index (κ1) is 21.3. The van der Waals surface area contributed by atoms with Gasteiger partial charge in [0.25, 0.3) is 0 Å². The minimum absolute atomic E-state index is 0. The third kappa shape index (κ3) is 6.97. The Labute approximate surface area is 144 Å². The maximum Gasteiger partial charge on any atom is 0.220 e. The van der Waals surface area contributed by atoms with E-state index in [0.29, 0.717) is 36.6 Å². The van der Waals surface area contributed by atoms with E-state index in [1.165, 1.54) is 0 Å². The quantitative estimate of drug-likeness (QED) is 0.632. The summed E-state index contributed by atoms with van der Waals surface area (Å²) in [6.45, 7) is 1.59. The van der Waals surface area contributed by atoms with Gasteiger partial charge in [0.05, 0.1) is 21.3 Å². The molecule has 7 heteroatoms. The molecule has 0 heterocycles. The summed E-state index contributed by atoms with van der Waals surface area (Å²) in [6, 6.07) is 3.74. The molecule has 0 atom stereocenters. The Hall–Kier alpha value is -1.66. The fourth-order valence-corrected chi connectivity index (χ4v) is 2.12. The molecule has 0 aliphatic carbocycles. The highest BCUT2D eigenvalue weighted by molar-refractivity contribution is 5.85. The molecule has 0 aromatic heterocycles. The number of rotatable bonds is 10. The molecule has 0 spiro atoms. The molecule has 1 aromatic carbocycles. The first-order chi connectivity index (χ1) is 10.7. The number of carbonyl (C=O) groups excluding carboxylic acids is 1. The molecular weight excluding hydrogens is 320 g/mol. The molecule has 1 aromatic rings. The Morgan fingerprint density at radius 1 is 1.04 bits per heavy atom. The van der Waals surface area contributed by atoms with E-state index < -0.39 is 0 Å². The maximum absolute atomic E-state index is 11.8. The summed E-state index contributed by atoms with van der Waals surface area (Å²) < 4.78 is 15.9. The summed E-state index contributed by atoms with van der Waals surface area (Å²) >= 11 is 0. The summed E-state index contributed by atoms with van der Waals surface area (Å²) in [5.41, 5.74) is 0.972. The third-order valence-electron chi connectivity index (χ3n) is 3.29. The molecule has 2 N–H and O–H groups in total. The predicted molar refractivity (Wildman–Crippen MR) is 93.2 cm³/mol. The van der Waals surface area contributed by atoms with Crippen LogP contribution in [-0.4, -0.2) is 47.4 Å². The molecule has 1 amide bonds. The van der Waals surface area contributed by atoms with Gasteiger partial charge in [-0.1, -0.05) is 0 Å². The van der Waals surface area contributed by atoms with Crippen LogP contribution in [0.25, 0.3) is 0 Å². The van der Waals surface area contributed by atoms with Gasteiger partial charge < -0.3 is 24.8 Å². The highest BCUT2D eigenvalue weighted by Gasteiger charge is 2.13. The second-order valence-electron chi connectivity index (χ2n) is 4.84. The largest absolute Gasteiger partial charge is 0.493 e. The average molecular weight is 347 g/mol. The molecular formula is C16H27ClN2O4. The Bertz CT molecular complexity index is 458. The van der Waals surface area contributed by atoms with Crippen LogP contribution in [0.2, 0.25) is 0 Å². The third-order valence-corrected chi connectivity index (χ3v) is 3.29. The van der Waals surface area contributed by atoms with Crippen molar-refractivity contribution in [3.05, 3.63) is 17.7 Å². The standard InChI is InChI=1S/C16H26N2O4.ClH/c1-17-8-5-9-18-15(19)7-6-12-10-13(20-2)16(22-4)14(11-12)21-3;/h10-11,17H,5-9H2,1-4H3,(H,18,19);1H. The van der Waals surface area contributed by atoms with Crippen LogP contribution in [0.5, 0.6) is 17.2 Å². The van der Waals surface area contributed by atoms with Gasteiger partial charge in [-0.15, -0.1) is 12.4 Å². The summed E-state index contributed by atoms with van der Waals surface area (Å²) in [6.07, 6.45) is 1.97. The van der Waals surface area contributed by atoms with E-state index in [-0.39, 0.29) is 18.3 Å². The number of amides is 1. The number of benzene rings is 1. The van der Waals surface area contributed by atoms with Crippen LogP contribution in [0.3, 0.4) is 0 Å². The van der Waals surface area contributed by atoms with Gasteiger partial charge in [0, 0.05) is 13.0 Å². The van der Waals surface area contributed by atoms with Crippen LogP contribution >= 0.6 is 12.4 Å². The normalized spacial score (nSPS) is 9.74. The van der Waals surface area contributed by atoms with E-state index in [2.05, 4.69) is 10.6 Å². The van der Waals surface area contributed by atoms with E-state index in [4.69, 9.17) is 14.2 Å². The van der Waals surface area contributed by atoms with Crippen LogP contribution in [0.4, 0.5) is 0 Å². The number of hydrogen-bond donors (Lipinski definition) is 2. The van der Waals surface area contributed by atoms with Gasteiger partial charge in [-0.3, -0.25) is 4.79 Å². The van der Waals surface area contributed by atoms with Crippen LogP contribution in [0, 0.1) is 0 Å². The highest BCUT2D eigenvalue weighted by Crippen LogP contribution is 2.38. The Morgan fingerprint density at radius 3 is 2.13 bits per heavy atom. The number of ether oxygens (including phenoxy) is 3. The predicted octanol–water partition coefficient (Wildman–Crippen LogP) is 1.79. The van der Waals surface area contributed by atoms with Gasteiger partial charge in [0.2, 0.25) is 11.7 Å². The van der Waals surface area contributed by atoms with Crippen LogP contribution in [0.1, 0.15) is 18.4 Å². The van der Waals surface area contributed by atoms with E-state index in [9.17, 15) is 4.79 Å². The minimum Gasteiger partial charge on any atom is -0.493 e. The van der Waals surface area contributed by atoms with Gasteiger partial charge >= 0.3 is 0 Å². The summed E-state index contributed by atoms with van der Waals surface area (Å²) in [5.74, 6) is 1.81. The number of nitrogens with one attached hydrogen (secondary N) is 2. The van der Waals surface area contributed by atoms with Crippen molar-refractivity contribution in [3.63, 3.8) is 0 Å². The van der Waals surface area contributed by atoms with Gasteiger partial charge in [-0.05, 0) is 44.1 Å². The van der Waals surface area contributed by atoms with Gasteiger partial charge in [0.15, 0.2) is 11.5 Å². The lowest BCUT2D eigenvalue weighted by Crippen LogP contribution is -2.26. The van der Waals surface area contributed by atoms with Crippen molar-refractivity contribution < 1.29 is 19.0 Å². The molecule has 23 heavy (non-hydrogen) atoms. The second kappa shape index (κ2) is 11.8. The lowest BCUT2D eigenvalue weighted by molar-refractivity contribution is -0.121. The zero-order chi connectivity index (χ0) is 16.4. The number of hydrogen-bond acceptors (Lipinski definition) is 5. The van der Waals surface area contributed by atoms with Gasteiger partial charge in [-0.25, -0.2) is 0 Å². The summed E-state index contributed by atoms with van der Waals surface area (Å²) in [7, 11) is 6.62. The molecule has 132 valence electrons. The van der Waals surface area contributed by atoms with E-state index in [0.717, 1.165) is 18.5 Å². The SMILES string of the molecule is CNCCCNC(=O)CCc1cc(OC)c(OC)c(OC)c1.Cl. The Kier molecular flexibility index (Phi) is 11.0.